The summed E-state index contributed by atoms with van der Waals surface area (Å²) < 4.78 is 16.9. The predicted molar refractivity (Wildman–Crippen MR) is 107 cm³/mol. The molecule has 5 nitrogen and oxygen atoms in total. The first-order valence-corrected chi connectivity index (χ1v) is 9.19. The minimum atomic E-state index is -0.876. The van der Waals surface area contributed by atoms with E-state index in [0.29, 0.717) is 23.7 Å². The third-order valence-electron chi connectivity index (χ3n) is 5.07. The van der Waals surface area contributed by atoms with Crippen LogP contribution in [0.1, 0.15) is 43.6 Å². The van der Waals surface area contributed by atoms with Crippen LogP contribution in [-0.2, 0) is 0 Å². The molecule has 1 aliphatic heterocycles. The molecule has 2 N–H and O–H groups in total. The van der Waals surface area contributed by atoms with E-state index in [9.17, 15) is 5.11 Å². The number of rotatable bonds is 4. The Morgan fingerprint density at radius 3 is 2.52 bits per heavy atom. The van der Waals surface area contributed by atoms with Gasteiger partial charge in [0.15, 0.2) is 11.5 Å². The smallest absolute Gasteiger partial charge is 0.166 e. The molecule has 3 rings (SSSR count). The van der Waals surface area contributed by atoms with Gasteiger partial charge in [-0.1, -0.05) is 39.0 Å². The Bertz CT molecular complexity index is 826. The normalized spacial score (nSPS) is 17.4. The highest BCUT2D eigenvalue weighted by Crippen LogP contribution is 2.44. The Labute approximate surface area is 161 Å². The van der Waals surface area contributed by atoms with Gasteiger partial charge in [0, 0.05) is 11.1 Å². The van der Waals surface area contributed by atoms with Gasteiger partial charge in [-0.2, -0.15) is 0 Å². The molecular weight excluding hydrogens is 342 g/mol. The van der Waals surface area contributed by atoms with Crippen LogP contribution in [0.15, 0.2) is 30.3 Å². The predicted octanol–water partition coefficient (Wildman–Crippen LogP) is 4.31. The molecule has 1 heterocycles. The number of methoxy groups -OCH3 is 2. The van der Waals surface area contributed by atoms with Gasteiger partial charge < -0.3 is 24.6 Å². The number of hydrogen-bond acceptors (Lipinski definition) is 5. The number of aliphatic hydroxyl groups excluding tert-OH is 1. The zero-order valence-corrected chi connectivity index (χ0v) is 16.9. The summed E-state index contributed by atoms with van der Waals surface area (Å²) in [6.45, 7) is 9.12. The second kappa shape index (κ2) is 7.31. The molecule has 0 fully saturated rings. The standard InChI is InChI=1S/C22H29NO4/c1-13-10-15(19-17(11-13)27-12-18(23-19)22(2,3)4)20(24)14-8-7-9-16(25-5)21(14)26-6/h7-11,18,20,23-24H,12H2,1-6H3/t18-,20?/m0/s1. The van der Waals surface area contributed by atoms with Crippen LogP contribution in [-0.4, -0.2) is 32.0 Å². The molecule has 0 radical (unpaired) electrons. The molecule has 27 heavy (non-hydrogen) atoms. The van der Waals surface area contributed by atoms with Crippen LogP contribution in [0, 0.1) is 12.3 Å². The molecule has 0 saturated carbocycles. The lowest BCUT2D eigenvalue weighted by atomic mass is 9.85. The van der Waals surface area contributed by atoms with Crippen molar-refractivity contribution in [3.05, 3.63) is 47.0 Å². The average molecular weight is 371 g/mol. The number of nitrogens with one attached hydrogen (secondary N) is 1. The quantitative estimate of drug-likeness (QED) is 0.838. The van der Waals surface area contributed by atoms with Crippen molar-refractivity contribution >= 4 is 5.69 Å². The monoisotopic (exact) mass is 371 g/mol. The lowest BCUT2D eigenvalue weighted by Crippen LogP contribution is -2.42. The van der Waals surface area contributed by atoms with Gasteiger partial charge >= 0.3 is 0 Å². The first-order chi connectivity index (χ1) is 12.8. The van der Waals surface area contributed by atoms with Crippen molar-refractivity contribution in [3.8, 4) is 17.2 Å². The summed E-state index contributed by atoms with van der Waals surface area (Å²) in [7, 11) is 3.17. The van der Waals surface area contributed by atoms with E-state index >= 15 is 0 Å². The fourth-order valence-corrected chi connectivity index (χ4v) is 3.41. The van der Waals surface area contributed by atoms with Crippen LogP contribution in [0.3, 0.4) is 0 Å². The number of aryl methyl sites for hydroxylation is 1. The third-order valence-corrected chi connectivity index (χ3v) is 5.07. The second-order valence-electron chi connectivity index (χ2n) is 8.09. The lowest BCUT2D eigenvalue weighted by molar-refractivity contribution is 0.197. The fourth-order valence-electron chi connectivity index (χ4n) is 3.41. The van der Waals surface area contributed by atoms with Crippen molar-refractivity contribution in [2.45, 2.75) is 39.8 Å². The number of fused-ring (bicyclic) bond motifs is 1. The van der Waals surface area contributed by atoms with E-state index < -0.39 is 6.10 Å². The van der Waals surface area contributed by atoms with Crippen molar-refractivity contribution in [2.75, 3.05) is 26.1 Å². The highest BCUT2D eigenvalue weighted by Gasteiger charge is 2.32. The van der Waals surface area contributed by atoms with Gasteiger partial charge in [0.05, 0.1) is 25.9 Å². The molecule has 1 unspecified atom stereocenters. The molecule has 2 aromatic rings. The Hall–Kier alpha value is -2.40. The highest BCUT2D eigenvalue weighted by molar-refractivity contribution is 5.68. The highest BCUT2D eigenvalue weighted by atomic mass is 16.5. The van der Waals surface area contributed by atoms with E-state index in [2.05, 4.69) is 26.1 Å². The molecule has 146 valence electrons. The minimum absolute atomic E-state index is 0.0262. The van der Waals surface area contributed by atoms with Crippen LogP contribution in [0.2, 0.25) is 0 Å². The van der Waals surface area contributed by atoms with Gasteiger partial charge in [0.25, 0.3) is 0 Å². The number of aliphatic hydroxyl groups is 1. The van der Waals surface area contributed by atoms with E-state index in [0.717, 1.165) is 22.6 Å². The molecule has 0 amide bonds. The van der Waals surface area contributed by atoms with Gasteiger partial charge in [-0.25, -0.2) is 0 Å². The molecule has 0 saturated heterocycles. The largest absolute Gasteiger partial charge is 0.493 e. The molecule has 5 heteroatoms. The SMILES string of the molecule is COc1cccc(C(O)c2cc(C)cc3c2N[C@H](C(C)(C)C)CO3)c1OC. The van der Waals surface area contributed by atoms with Crippen molar-refractivity contribution in [1.29, 1.82) is 0 Å². The zero-order chi connectivity index (χ0) is 19.8. The maximum Gasteiger partial charge on any atom is 0.166 e. The molecule has 2 atom stereocenters. The summed E-state index contributed by atoms with van der Waals surface area (Å²) in [6.07, 6.45) is -0.876. The first kappa shape index (κ1) is 19.4. The topological polar surface area (TPSA) is 60.0 Å². The summed E-state index contributed by atoms with van der Waals surface area (Å²) >= 11 is 0. The summed E-state index contributed by atoms with van der Waals surface area (Å²) in [6, 6.07) is 9.66. The molecule has 0 bridgehead atoms. The van der Waals surface area contributed by atoms with Gasteiger partial charge in [0.2, 0.25) is 0 Å². The summed E-state index contributed by atoms with van der Waals surface area (Å²) in [5.41, 5.74) is 3.32. The Morgan fingerprint density at radius 1 is 1.15 bits per heavy atom. The van der Waals surface area contributed by atoms with Gasteiger partial charge in [0.1, 0.15) is 18.5 Å². The Morgan fingerprint density at radius 2 is 1.89 bits per heavy atom. The first-order valence-electron chi connectivity index (χ1n) is 9.19. The fraction of sp³-hybridized carbons (Fsp3) is 0.455. The molecule has 0 aromatic heterocycles. The number of anilines is 1. The number of para-hydroxylation sites is 1. The van der Waals surface area contributed by atoms with Crippen molar-refractivity contribution in [3.63, 3.8) is 0 Å². The second-order valence-corrected chi connectivity index (χ2v) is 8.09. The third kappa shape index (κ3) is 3.69. The van der Waals surface area contributed by atoms with Crippen molar-refractivity contribution in [1.82, 2.24) is 0 Å². The van der Waals surface area contributed by atoms with Crippen LogP contribution >= 0.6 is 0 Å². The molecule has 2 aromatic carbocycles. The van der Waals surface area contributed by atoms with E-state index in [-0.39, 0.29) is 11.5 Å². The Balaban J connectivity index is 2.09. The van der Waals surface area contributed by atoms with Crippen LogP contribution in [0.25, 0.3) is 0 Å². The molecule has 0 aliphatic carbocycles. The molecule has 1 aliphatic rings. The number of benzene rings is 2. The number of hydrogen-bond donors (Lipinski definition) is 2. The van der Waals surface area contributed by atoms with E-state index in [1.165, 1.54) is 0 Å². The summed E-state index contributed by atoms with van der Waals surface area (Å²) in [4.78, 5) is 0. The van der Waals surface area contributed by atoms with Crippen LogP contribution in [0.5, 0.6) is 17.2 Å². The van der Waals surface area contributed by atoms with Gasteiger partial charge in [-0.05, 0) is 30.0 Å². The van der Waals surface area contributed by atoms with Crippen LogP contribution < -0.4 is 19.5 Å². The van der Waals surface area contributed by atoms with Gasteiger partial charge in [-0.15, -0.1) is 0 Å². The van der Waals surface area contributed by atoms with Crippen LogP contribution in [0.4, 0.5) is 5.69 Å². The van der Waals surface area contributed by atoms with Crippen molar-refractivity contribution < 1.29 is 19.3 Å². The maximum atomic E-state index is 11.3. The van der Waals surface area contributed by atoms with Gasteiger partial charge in [-0.3, -0.25) is 0 Å². The molecule has 0 spiro atoms. The molecular formula is C22H29NO4. The average Bonchev–Trinajstić information content (AvgIpc) is 2.64. The summed E-state index contributed by atoms with van der Waals surface area (Å²) in [5.74, 6) is 1.89. The van der Waals surface area contributed by atoms with Crippen molar-refractivity contribution in [2.24, 2.45) is 5.41 Å². The van der Waals surface area contributed by atoms with E-state index in [1.807, 2.05) is 37.3 Å². The Kier molecular flexibility index (Phi) is 5.24. The summed E-state index contributed by atoms with van der Waals surface area (Å²) in [5, 5.41) is 14.9. The van der Waals surface area contributed by atoms with E-state index in [4.69, 9.17) is 14.2 Å². The number of ether oxygens (including phenoxy) is 3. The minimum Gasteiger partial charge on any atom is -0.493 e. The van der Waals surface area contributed by atoms with E-state index in [1.54, 1.807) is 14.2 Å². The lowest BCUT2D eigenvalue weighted by Gasteiger charge is -2.38. The zero-order valence-electron chi connectivity index (χ0n) is 16.9. The maximum absolute atomic E-state index is 11.3.